The molecule has 0 aliphatic rings. The van der Waals surface area contributed by atoms with Crippen LogP contribution in [0.4, 0.5) is 0 Å². The van der Waals surface area contributed by atoms with Crippen LogP contribution in [0.5, 0.6) is 0 Å². The molecule has 0 aromatic carbocycles. The van der Waals surface area contributed by atoms with Gasteiger partial charge in [-0.05, 0) is 6.42 Å². The molecule has 0 aliphatic heterocycles. The Hall–Kier alpha value is -0.480. The van der Waals surface area contributed by atoms with Crippen molar-refractivity contribution < 1.29 is 0 Å². The molecule has 2 N–H and O–H groups in total. The third-order valence-electron chi connectivity index (χ3n) is 0.833. The Balaban J connectivity index is 3.22. The number of nitrogens with one attached hydrogen (secondary N) is 2. The lowest BCUT2D eigenvalue weighted by Gasteiger charge is -2.02. The molecule has 10 heavy (non-hydrogen) atoms. The number of hydrazine groups is 1. The Kier molecular flexibility index (Phi) is 6.32. The summed E-state index contributed by atoms with van der Waals surface area (Å²) in [5.41, 5.74) is 5.75. The van der Waals surface area contributed by atoms with Crippen molar-refractivity contribution in [3.05, 3.63) is 0 Å². The molecule has 0 aliphatic carbocycles. The van der Waals surface area contributed by atoms with Gasteiger partial charge in [-0.1, -0.05) is 19.1 Å². The zero-order valence-corrected chi connectivity index (χ0v) is 7.16. The van der Waals surface area contributed by atoms with Gasteiger partial charge in [-0.25, -0.2) is 5.43 Å². The molecule has 0 aromatic rings. The molecule has 0 unspecified atom stereocenters. The molecule has 0 radical (unpaired) electrons. The fourth-order valence-corrected chi connectivity index (χ4v) is 0.602. The van der Waals surface area contributed by atoms with Crippen LogP contribution >= 0.6 is 12.2 Å². The van der Waals surface area contributed by atoms with Crippen molar-refractivity contribution in [3.63, 3.8) is 0 Å². The number of hydrogen-bond acceptors (Lipinski definition) is 3. The van der Waals surface area contributed by atoms with Crippen molar-refractivity contribution in [2.45, 2.75) is 13.3 Å². The van der Waals surface area contributed by atoms with Gasteiger partial charge >= 0.3 is 0 Å². The SMILES string of the molecule is CCCNNC(=S)C=NC. The predicted molar refractivity (Wildman–Crippen MR) is 48.4 cm³/mol. The van der Waals surface area contributed by atoms with Crippen molar-refractivity contribution in [1.29, 1.82) is 0 Å². The van der Waals surface area contributed by atoms with E-state index in [4.69, 9.17) is 12.2 Å². The molecule has 0 rings (SSSR count). The van der Waals surface area contributed by atoms with Crippen LogP contribution in [0, 0.1) is 0 Å². The van der Waals surface area contributed by atoms with Crippen LogP contribution in [0.25, 0.3) is 0 Å². The van der Waals surface area contributed by atoms with Gasteiger partial charge < -0.3 is 5.43 Å². The minimum atomic E-state index is 0.621. The van der Waals surface area contributed by atoms with Gasteiger partial charge in [0.1, 0.15) is 4.99 Å². The van der Waals surface area contributed by atoms with Crippen LogP contribution in [0.2, 0.25) is 0 Å². The van der Waals surface area contributed by atoms with Gasteiger partial charge in [0.05, 0.1) is 6.21 Å². The minimum absolute atomic E-state index is 0.621. The van der Waals surface area contributed by atoms with Crippen LogP contribution in [-0.2, 0) is 0 Å². The van der Waals surface area contributed by atoms with E-state index in [0.717, 1.165) is 13.0 Å². The summed E-state index contributed by atoms with van der Waals surface area (Å²) in [5.74, 6) is 0. The maximum absolute atomic E-state index is 4.84. The summed E-state index contributed by atoms with van der Waals surface area (Å²) in [7, 11) is 1.69. The molecule has 58 valence electrons. The van der Waals surface area contributed by atoms with E-state index in [2.05, 4.69) is 22.8 Å². The summed E-state index contributed by atoms with van der Waals surface area (Å²) >= 11 is 4.84. The molecule has 3 nitrogen and oxygen atoms in total. The Morgan fingerprint density at radius 3 is 2.90 bits per heavy atom. The van der Waals surface area contributed by atoms with Crippen molar-refractivity contribution in [3.8, 4) is 0 Å². The lowest BCUT2D eigenvalue weighted by Crippen LogP contribution is -2.37. The zero-order valence-electron chi connectivity index (χ0n) is 6.35. The van der Waals surface area contributed by atoms with Gasteiger partial charge in [0.25, 0.3) is 0 Å². The van der Waals surface area contributed by atoms with E-state index in [1.807, 2.05) is 0 Å². The maximum Gasteiger partial charge on any atom is 0.131 e. The van der Waals surface area contributed by atoms with Crippen molar-refractivity contribution in [2.24, 2.45) is 4.99 Å². The van der Waals surface area contributed by atoms with Gasteiger partial charge in [0, 0.05) is 13.6 Å². The number of thiocarbonyl (C=S) groups is 1. The van der Waals surface area contributed by atoms with Crippen LogP contribution in [-0.4, -0.2) is 24.8 Å². The van der Waals surface area contributed by atoms with Gasteiger partial charge in [0.2, 0.25) is 0 Å². The lowest BCUT2D eigenvalue weighted by molar-refractivity contribution is 0.648. The summed E-state index contributed by atoms with van der Waals surface area (Å²) in [4.78, 5) is 4.37. The highest BCUT2D eigenvalue weighted by Gasteiger charge is 1.85. The van der Waals surface area contributed by atoms with Crippen molar-refractivity contribution in [2.75, 3.05) is 13.6 Å². The van der Waals surface area contributed by atoms with E-state index in [1.54, 1.807) is 13.3 Å². The summed E-state index contributed by atoms with van der Waals surface area (Å²) < 4.78 is 0. The minimum Gasteiger partial charge on any atom is -0.311 e. The largest absolute Gasteiger partial charge is 0.311 e. The molecule has 0 amide bonds. The second-order valence-electron chi connectivity index (χ2n) is 1.80. The highest BCUT2D eigenvalue weighted by atomic mass is 32.1. The third kappa shape index (κ3) is 5.65. The highest BCUT2D eigenvalue weighted by Crippen LogP contribution is 1.67. The fraction of sp³-hybridized carbons (Fsp3) is 0.667. The number of aliphatic imine (C=N–C) groups is 1. The first-order chi connectivity index (χ1) is 4.81. The smallest absolute Gasteiger partial charge is 0.131 e. The summed E-state index contributed by atoms with van der Waals surface area (Å²) in [6.45, 7) is 3.00. The highest BCUT2D eigenvalue weighted by molar-refractivity contribution is 7.81. The Labute approximate surface area is 66.9 Å². The van der Waals surface area contributed by atoms with Gasteiger partial charge in [-0.3, -0.25) is 4.99 Å². The van der Waals surface area contributed by atoms with E-state index in [0.29, 0.717) is 4.99 Å². The standard InChI is InChI=1S/C6H13N3S/c1-3-4-8-9-6(10)5-7-2/h5,8H,3-4H2,1-2H3,(H,9,10). The summed E-state index contributed by atoms with van der Waals surface area (Å²) in [5, 5.41) is 0. The molecule has 0 saturated carbocycles. The van der Waals surface area contributed by atoms with E-state index in [-0.39, 0.29) is 0 Å². The van der Waals surface area contributed by atoms with Crippen LogP contribution in [0.1, 0.15) is 13.3 Å². The van der Waals surface area contributed by atoms with E-state index in [9.17, 15) is 0 Å². The normalized spacial score (nSPS) is 10.2. The molecular formula is C6H13N3S. The lowest BCUT2D eigenvalue weighted by atomic mass is 10.5. The first kappa shape index (κ1) is 9.52. The molecular weight excluding hydrogens is 146 g/mol. The molecule has 4 heteroatoms. The summed E-state index contributed by atoms with van der Waals surface area (Å²) in [6, 6.07) is 0. The molecule has 0 bridgehead atoms. The van der Waals surface area contributed by atoms with Crippen LogP contribution in [0.15, 0.2) is 4.99 Å². The number of nitrogens with zero attached hydrogens (tertiary/aromatic N) is 1. The predicted octanol–water partition coefficient (Wildman–Crippen LogP) is 0.519. The van der Waals surface area contributed by atoms with Crippen LogP contribution < -0.4 is 10.9 Å². The van der Waals surface area contributed by atoms with E-state index < -0.39 is 0 Å². The Bertz CT molecular complexity index is 122. The molecule has 0 fully saturated rings. The average Bonchev–Trinajstić information content (AvgIpc) is 1.89. The Morgan fingerprint density at radius 2 is 2.40 bits per heavy atom. The van der Waals surface area contributed by atoms with Gasteiger partial charge in [0.15, 0.2) is 0 Å². The molecule has 0 saturated heterocycles. The average molecular weight is 159 g/mol. The third-order valence-corrected chi connectivity index (χ3v) is 1.04. The molecule has 0 aromatic heterocycles. The van der Waals surface area contributed by atoms with Gasteiger partial charge in [-0.2, -0.15) is 0 Å². The topological polar surface area (TPSA) is 36.4 Å². The first-order valence-electron chi connectivity index (χ1n) is 3.26. The molecule has 0 heterocycles. The van der Waals surface area contributed by atoms with Crippen molar-refractivity contribution >= 4 is 23.4 Å². The van der Waals surface area contributed by atoms with E-state index >= 15 is 0 Å². The maximum atomic E-state index is 4.84. The Morgan fingerprint density at radius 1 is 1.70 bits per heavy atom. The monoisotopic (exact) mass is 159 g/mol. The van der Waals surface area contributed by atoms with Crippen LogP contribution in [0.3, 0.4) is 0 Å². The quantitative estimate of drug-likeness (QED) is 0.272. The number of hydrogen-bond donors (Lipinski definition) is 2. The first-order valence-corrected chi connectivity index (χ1v) is 3.67. The fourth-order valence-electron chi connectivity index (χ4n) is 0.424. The molecule has 0 atom stereocenters. The second-order valence-corrected chi connectivity index (χ2v) is 2.24. The van der Waals surface area contributed by atoms with Crippen molar-refractivity contribution in [1.82, 2.24) is 10.9 Å². The summed E-state index contributed by atoms with van der Waals surface area (Å²) in [6.07, 6.45) is 2.68. The second kappa shape index (κ2) is 6.64. The van der Waals surface area contributed by atoms with Gasteiger partial charge in [-0.15, -0.1) is 0 Å². The molecule has 0 spiro atoms. The number of rotatable bonds is 4. The van der Waals surface area contributed by atoms with E-state index in [1.165, 1.54) is 0 Å². The zero-order chi connectivity index (χ0) is 7.82.